The molecule has 1 fully saturated rings. The predicted molar refractivity (Wildman–Crippen MR) is 96.8 cm³/mol. The van der Waals surface area contributed by atoms with E-state index in [0.717, 1.165) is 17.7 Å². The minimum absolute atomic E-state index is 0.203. The lowest BCUT2D eigenvalue weighted by molar-refractivity contribution is -0.797. The van der Waals surface area contributed by atoms with Crippen molar-refractivity contribution >= 4 is 11.9 Å². The van der Waals surface area contributed by atoms with Crippen LogP contribution in [0.5, 0.6) is 0 Å². The molecule has 5 heteroatoms. The van der Waals surface area contributed by atoms with Gasteiger partial charge >= 0.3 is 11.9 Å². The van der Waals surface area contributed by atoms with E-state index in [9.17, 15) is 9.59 Å². The van der Waals surface area contributed by atoms with Gasteiger partial charge in [-0.25, -0.2) is 9.59 Å². The van der Waals surface area contributed by atoms with E-state index in [1.807, 2.05) is 67.6 Å². The van der Waals surface area contributed by atoms with Crippen LogP contribution < -0.4 is 0 Å². The molecule has 1 saturated heterocycles. The lowest BCUT2D eigenvalue weighted by Crippen LogP contribution is -2.40. The largest absolute Gasteiger partial charge is 0.457 e. The summed E-state index contributed by atoms with van der Waals surface area (Å²) in [5.74, 6) is -0.567. The highest BCUT2D eigenvalue weighted by Crippen LogP contribution is 2.30. The first-order chi connectivity index (χ1) is 12.6. The first kappa shape index (κ1) is 18.1. The Kier molecular flexibility index (Phi) is 5.68. The first-order valence-electron chi connectivity index (χ1n) is 8.82. The van der Waals surface area contributed by atoms with E-state index in [0.29, 0.717) is 4.48 Å². The van der Waals surface area contributed by atoms with Gasteiger partial charge in [0, 0.05) is 0 Å². The van der Waals surface area contributed by atoms with Gasteiger partial charge < -0.3 is 9.47 Å². The van der Waals surface area contributed by atoms with E-state index in [-0.39, 0.29) is 44.3 Å². The molecule has 0 amide bonds. The van der Waals surface area contributed by atoms with E-state index in [4.69, 9.17) is 9.47 Å². The number of rotatable bonds is 8. The lowest BCUT2D eigenvalue weighted by atomic mass is 10.2. The van der Waals surface area contributed by atoms with E-state index in [1.165, 1.54) is 0 Å². The van der Waals surface area contributed by atoms with Crippen molar-refractivity contribution in [2.75, 3.05) is 19.6 Å². The summed E-state index contributed by atoms with van der Waals surface area (Å²) in [4.78, 5) is 24.4. The molecule has 26 heavy (non-hydrogen) atoms. The first-order valence-corrected chi connectivity index (χ1v) is 8.82. The highest BCUT2D eigenvalue weighted by molar-refractivity contribution is 5.73. The van der Waals surface area contributed by atoms with Crippen molar-refractivity contribution in [1.82, 2.24) is 0 Å². The molecule has 0 aliphatic carbocycles. The van der Waals surface area contributed by atoms with Crippen LogP contribution in [0.1, 0.15) is 18.1 Å². The molecule has 1 aliphatic heterocycles. The minimum atomic E-state index is -0.283. The highest BCUT2D eigenvalue weighted by atomic mass is 16.5. The molecule has 1 atom stereocenters. The number of carbonyl (C=O) groups excluding carboxylic acids is 2. The minimum Gasteiger partial charge on any atom is -0.457 e. The SMILES string of the molecule is C[C@H]1C[N+]1(CC(=O)OCc1ccccc1)CC(=O)OCc1ccccc1. The Hall–Kier alpha value is -2.66. The average Bonchev–Trinajstić information content (AvgIpc) is 3.28. The third-order valence-corrected chi connectivity index (χ3v) is 4.80. The molecule has 0 aromatic heterocycles. The van der Waals surface area contributed by atoms with Gasteiger partial charge in [0.2, 0.25) is 0 Å². The summed E-state index contributed by atoms with van der Waals surface area (Å²) >= 11 is 0. The Bertz CT molecular complexity index is 688. The number of carbonyl (C=O) groups is 2. The van der Waals surface area contributed by atoms with Crippen LogP contribution in [-0.4, -0.2) is 42.1 Å². The summed E-state index contributed by atoms with van der Waals surface area (Å²) < 4.78 is 11.1. The highest BCUT2D eigenvalue weighted by Gasteiger charge is 2.54. The van der Waals surface area contributed by atoms with Crippen LogP contribution in [0.15, 0.2) is 60.7 Å². The standard InChI is InChI=1S/C21H24NO4/c1-17-12-22(17,13-20(23)25-15-18-8-4-2-5-9-18)14-21(24)26-16-19-10-6-3-7-11-19/h2-11,17H,12-16H2,1H3/q+1/t17-/m0/s1. The van der Waals surface area contributed by atoms with Crippen LogP contribution in [0.25, 0.3) is 0 Å². The van der Waals surface area contributed by atoms with Crippen molar-refractivity contribution < 1.29 is 23.5 Å². The van der Waals surface area contributed by atoms with Gasteiger partial charge in [-0.2, -0.15) is 0 Å². The molecule has 5 nitrogen and oxygen atoms in total. The Morgan fingerprint density at radius 1 is 0.846 bits per heavy atom. The van der Waals surface area contributed by atoms with Crippen molar-refractivity contribution in [3.8, 4) is 0 Å². The van der Waals surface area contributed by atoms with Gasteiger partial charge in [0.1, 0.15) is 25.8 Å². The maximum atomic E-state index is 12.2. The molecule has 2 aromatic rings. The molecular formula is C21H24NO4+. The van der Waals surface area contributed by atoms with Gasteiger partial charge in [0.05, 0.1) is 0 Å². The number of quaternary nitrogens is 1. The lowest BCUT2D eigenvalue weighted by Gasteiger charge is -2.18. The van der Waals surface area contributed by atoms with Crippen LogP contribution in [0.4, 0.5) is 0 Å². The molecule has 0 N–H and O–H groups in total. The van der Waals surface area contributed by atoms with Crippen molar-refractivity contribution in [2.45, 2.75) is 26.2 Å². The number of benzene rings is 2. The summed E-state index contributed by atoms with van der Waals surface area (Å²) in [6.45, 7) is 3.75. The Morgan fingerprint density at radius 3 is 1.58 bits per heavy atom. The summed E-state index contributed by atoms with van der Waals surface area (Å²) in [5.41, 5.74) is 1.90. The zero-order chi connectivity index (χ0) is 18.4. The van der Waals surface area contributed by atoms with Crippen molar-refractivity contribution in [3.05, 3.63) is 71.8 Å². The van der Waals surface area contributed by atoms with Crippen molar-refractivity contribution in [3.63, 3.8) is 0 Å². The maximum Gasteiger partial charge on any atom is 0.362 e. The number of nitrogens with zero attached hydrogens (tertiary/aromatic N) is 1. The van der Waals surface area contributed by atoms with Crippen LogP contribution in [0, 0.1) is 0 Å². The molecule has 0 bridgehead atoms. The van der Waals surface area contributed by atoms with Gasteiger partial charge in [-0.05, 0) is 18.1 Å². The summed E-state index contributed by atoms with van der Waals surface area (Å²) in [6.07, 6.45) is 0. The van der Waals surface area contributed by atoms with E-state index in [2.05, 4.69) is 0 Å². The zero-order valence-corrected chi connectivity index (χ0v) is 15.0. The van der Waals surface area contributed by atoms with Gasteiger partial charge in [-0.15, -0.1) is 0 Å². The number of hydrogen-bond acceptors (Lipinski definition) is 4. The molecule has 3 rings (SSSR count). The molecule has 1 aliphatic rings. The van der Waals surface area contributed by atoms with Crippen LogP contribution in [0.2, 0.25) is 0 Å². The topological polar surface area (TPSA) is 52.6 Å². The smallest absolute Gasteiger partial charge is 0.362 e. The summed E-state index contributed by atoms with van der Waals surface area (Å²) in [6, 6.07) is 19.4. The molecule has 136 valence electrons. The zero-order valence-electron chi connectivity index (χ0n) is 15.0. The fraction of sp³-hybridized carbons (Fsp3) is 0.333. The third kappa shape index (κ3) is 4.92. The second kappa shape index (κ2) is 8.15. The van der Waals surface area contributed by atoms with Gasteiger partial charge in [0.15, 0.2) is 13.1 Å². The van der Waals surface area contributed by atoms with E-state index >= 15 is 0 Å². The Balaban J connectivity index is 1.46. The fourth-order valence-electron chi connectivity index (χ4n) is 3.06. The van der Waals surface area contributed by atoms with Crippen LogP contribution in [-0.2, 0) is 32.3 Å². The molecule has 0 unspecified atom stereocenters. The van der Waals surface area contributed by atoms with Gasteiger partial charge in [-0.3, -0.25) is 4.48 Å². The molecule has 0 saturated carbocycles. The van der Waals surface area contributed by atoms with Crippen molar-refractivity contribution in [2.24, 2.45) is 0 Å². The fourth-order valence-corrected chi connectivity index (χ4v) is 3.06. The van der Waals surface area contributed by atoms with Gasteiger partial charge in [0.25, 0.3) is 0 Å². The Morgan fingerprint density at radius 2 is 1.23 bits per heavy atom. The quantitative estimate of drug-likeness (QED) is 0.415. The predicted octanol–water partition coefficient (Wildman–Crippen LogP) is 2.69. The van der Waals surface area contributed by atoms with Crippen LogP contribution >= 0.6 is 0 Å². The molecule has 2 aromatic carbocycles. The number of ether oxygens (including phenoxy) is 2. The molecule has 0 spiro atoms. The molecule has 0 radical (unpaired) electrons. The molecular weight excluding hydrogens is 330 g/mol. The van der Waals surface area contributed by atoms with Crippen LogP contribution in [0.3, 0.4) is 0 Å². The number of hydrogen-bond donors (Lipinski definition) is 0. The molecule has 1 heterocycles. The number of esters is 2. The summed E-state index contributed by atoms with van der Waals surface area (Å²) in [5, 5.41) is 0. The Labute approximate surface area is 153 Å². The van der Waals surface area contributed by atoms with E-state index in [1.54, 1.807) is 0 Å². The second-order valence-electron chi connectivity index (χ2n) is 6.86. The monoisotopic (exact) mass is 354 g/mol. The second-order valence-corrected chi connectivity index (χ2v) is 6.86. The van der Waals surface area contributed by atoms with Gasteiger partial charge in [-0.1, -0.05) is 60.7 Å². The normalized spacial score (nSPS) is 17.3. The van der Waals surface area contributed by atoms with E-state index < -0.39 is 0 Å². The third-order valence-electron chi connectivity index (χ3n) is 4.80. The summed E-state index contributed by atoms with van der Waals surface area (Å²) in [7, 11) is 0. The maximum absolute atomic E-state index is 12.2. The van der Waals surface area contributed by atoms with Crippen molar-refractivity contribution in [1.29, 1.82) is 0 Å². The average molecular weight is 354 g/mol.